The van der Waals surface area contributed by atoms with E-state index in [9.17, 15) is 12.8 Å². The normalized spacial score (nSPS) is 12.4. The molecule has 8 heteroatoms. The van der Waals surface area contributed by atoms with Gasteiger partial charge in [-0.05, 0) is 18.2 Å². The van der Waals surface area contributed by atoms with Gasteiger partial charge in [0.2, 0.25) is 0 Å². The monoisotopic (exact) mass is 312 g/mol. The van der Waals surface area contributed by atoms with Crippen LogP contribution in [0.1, 0.15) is 26.5 Å². The lowest BCUT2D eigenvalue weighted by Crippen LogP contribution is -2.15. The van der Waals surface area contributed by atoms with Crippen LogP contribution >= 0.6 is 0 Å². The van der Waals surface area contributed by atoms with Gasteiger partial charge in [-0.2, -0.15) is 5.10 Å². The second kappa shape index (κ2) is 5.03. The highest BCUT2D eigenvalue weighted by Crippen LogP contribution is 2.24. The van der Waals surface area contributed by atoms with Crippen LogP contribution in [-0.2, 0) is 15.4 Å². The summed E-state index contributed by atoms with van der Waals surface area (Å²) < 4.78 is 40.2. The molecule has 0 fully saturated rings. The van der Waals surface area contributed by atoms with Crippen LogP contribution in [0.25, 0.3) is 0 Å². The van der Waals surface area contributed by atoms with Gasteiger partial charge in [0, 0.05) is 22.9 Å². The summed E-state index contributed by atoms with van der Waals surface area (Å²) in [5.41, 5.74) is 6.21. The van der Waals surface area contributed by atoms with Gasteiger partial charge in [-0.1, -0.05) is 20.8 Å². The Bertz CT molecular complexity index is 763. The van der Waals surface area contributed by atoms with E-state index in [1.165, 1.54) is 6.07 Å². The predicted molar refractivity (Wildman–Crippen MR) is 78.9 cm³/mol. The molecule has 21 heavy (non-hydrogen) atoms. The second-order valence-corrected chi connectivity index (χ2v) is 7.36. The van der Waals surface area contributed by atoms with E-state index in [4.69, 9.17) is 5.73 Å². The molecular formula is C13H17FN4O2S. The van der Waals surface area contributed by atoms with Crippen molar-refractivity contribution < 1.29 is 12.8 Å². The number of rotatable bonds is 3. The molecule has 0 bridgehead atoms. The summed E-state index contributed by atoms with van der Waals surface area (Å²) in [5.74, 6) is -0.773. The Balaban J connectivity index is 2.34. The van der Waals surface area contributed by atoms with Crippen molar-refractivity contribution in [3.05, 3.63) is 35.8 Å². The van der Waals surface area contributed by atoms with Gasteiger partial charge in [0.25, 0.3) is 10.0 Å². The minimum absolute atomic E-state index is 0.0988. The first-order valence-electron chi connectivity index (χ1n) is 6.23. The number of halogens is 1. The third-order valence-corrected chi connectivity index (χ3v) is 4.24. The number of aromatic amines is 1. The number of anilines is 2. The molecule has 114 valence electrons. The molecule has 1 aromatic carbocycles. The highest BCUT2D eigenvalue weighted by atomic mass is 32.2. The Morgan fingerprint density at radius 3 is 2.52 bits per heavy atom. The Kier molecular flexibility index (Phi) is 3.66. The van der Waals surface area contributed by atoms with E-state index in [2.05, 4.69) is 14.9 Å². The van der Waals surface area contributed by atoms with E-state index >= 15 is 0 Å². The Labute approximate surface area is 122 Å². The topological polar surface area (TPSA) is 101 Å². The van der Waals surface area contributed by atoms with E-state index in [-0.39, 0.29) is 16.9 Å². The fraction of sp³-hybridized carbons (Fsp3) is 0.308. The van der Waals surface area contributed by atoms with Crippen molar-refractivity contribution in [2.24, 2.45) is 0 Å². The highest BCUT2D eigenvalue weighted by Gasteiger charge is 2.22. The first kappa shape index (κ1) is 15.3. The fourth-order valence-corrected chi connectivity index (χ4v) is 2.78. The summed E-state index contributed by atoms with van der Waals surface area (Å²) in [4.78, 5) is -0.511. The first-order chi connectivity index (χ1) is 9.59. The minimum atomic E-state index is -4.09. The zero-order valence-corrected chi connectivity index (χ0v) is 12.8. The summed E-state index contributed by atoms with van der Waals surface area (Å²) in [7, 11) is -4.09. The lowest BCUT2D eigenvalue weighted by molar-refractivity contribution is 0.567. The molecule has 4 N–H and O–H groups in total. The molecule has 0 aliphatic carbocycles. The second-order valence-electron chi connectivity index (χ2n) is 5.71. The van der Waals surface area contributed by atoms with Crippen molar-refractivity contribution in [2.75, 3.05) is 10.5 Å². The number of benzene rings is 1. The molecule has 2 aromatic rings. The van der Waals surface area contributed by atoms with Crippen LogP contribution < -0.4 is 10.5 Å². The average Bonchev–Trinajstić information content (AvgIpc) is 2.79. The third-order valence-electron chi connectivity index (χ3n) is 2.87. The van der Waals surface area contributed by atoms with E-state index in [0.29, 0.717) is 0 Å². The molecule has 0 aliphatic rings. The molecule has 6 nitrogen and oxygen atoms in total. The maximum absolute atomic E-state index is 13.7. The molecule has 0 saturated heterocycles. The lowest BCUT2D eigenvalue weighted by Gasteiger charge is -2.14. The van der Waals surface area contributed by atoms with Crippen LogP contribution in [0.15, 0.2) is 29.2 Å². The van der Waals surface area contributed by atoms with Gasteiger partial charge in [0.15, 0.2) is 5.82 Å². The van der Waals surface area contributed by atoms with Crippen LogP contribution in [0, 0.1) is 5.82 Å². The maximum Gasteiger partial charge on any atom is 0.266 e. The quantitative estimate of drug-likeness (QED) is 0.756. The maximum atomic E-state index is 13.7. The predicted octanol–water partition coefficient (Wildman–Crippen LogP) is 2.23. The zero-order valence-electron chi connectivity index (χ0n) is 11.9. The van der Waals surface area contributed by atoms with E-state index in [0.717, 1.165) is 17.8 Å². The molecule has 0 amide bonds. The van der Waals surface area contributed by atoms with Crippen LogP contribution in [0.5, 0.6) is 0 Å². The smallest absolute Gasteiger partial charge is 0.266 e. The fourth-order valence-electron chi connectivity index (χ4n) is 1.68. The van der Waals surface area contributed by atoms with Gasteiger partial charge in [-0.3, -0.25) is 9.82 Å². The van der Waals surface area contributed by atoms with Crippen LogP contribution in [-0.4, -0.2) is 18.6 Å². The molecule has 0 aliphatic heterocycles. The van der Waals surface area contributed by atoms with Gasteiger partial charge in [0.1, 0.15) is 10.7 Å². The summed E-state index contributed by atoms with van der Waals surface area (Å²) in [6, 6.07) is 4.94. The number of nitrogens with one attached hydrogen (secondary N) is 2. The molecule has 0 radical (unpaired) electrons. The molecule has 0 unspecified atom stereocenters. The molecule has 2 rings (SSSR count). The van der Waals surface area contributed by atoms with Crippen molar-refractivity contribution in [1.82, 2.24) is 10.2 Å². The van der Waals surface area contributed by atoms with Crippen molar-refractivity contribution >= 4 is 21.5 Å². The van der Waals surface area contributed by atoms with Gasteiger partial charge < -0.3 is 5.73 Å². The summed E-state index contributed by atoms with van der Waals surface area (Å²) in [6.07, 6.45) is 0. The van der Waals surface area contributed by atoms with Crippen molar-refractivity contribution in [3.63, 3.8) is 0 Å². The number of hydrogen-bond donors (Lipinski definition) is 3. The Morgan fingerprint density at radius 2 is 1.95 bits per heavy atom. The zero-order chi connectivity index (χ0) is 15.8. The largest absolute Gasteiger partial charge is 0.399 e. The van der Waals surface area contributed by atoms with E-state index < -0.39 is 20.7 Å². The van der Waals surface area contributed by atoms with E-state index in [1.807, 2.05) is 20.8 Å². The average molecular weight is 312 g/mol. The molecule has 0 spiro atoms. The molecule has 0 saturated carbocycles. The summed E-state index contributed by atoms with van der Waals surface area (Å²) in [6.45, 7) is 5.86. The third kappa shape index (κ3) is 3.33. The van der Waals surface area contributed by atoms with Gasteiger partial charge in [0.05, 0.1) is 0 Å². The highest BCUT2D eigenvalue weighted by molar-refractivity contribution is 7.92. The standard InChI is InChI=1S/C13H17FN4O2S/c1-13(2,3)11-7-12(17-16-11)18-21(19,20)10-6-8(15)4-5-9(10)14/h4-7H,15H2,1-3H3,(H2,16,17,18). The number of H-pyrrole nitrogens is 1. The summed E-state index contributed by atoms with van der Waals surface area (Å²) >= 11 is 0. The first-order valence-corrected chi connectivity index (χ1v) is 7.71. The Hall–Kier alpha value is -2.09. The van der Waals surface area contributed by atoms with Crippen molar-refractivity contribution in [1.29, 1.82) is 0 Å². The van der Waals surface area contributed by atoms with Gasteiger partial charge in [-0.15, -0.1) is 0 Å². The number of sulfonamides is 1. The van der Waals surface area contributed by atoms with Crippen LogP contribution in [0.4, 0.5) is 15.9 Å². The van der Waals surface area contributed by atoms with Crippen LogP contribution in [0.3, 0.4) is 0 Å². The molecule has 1 aromatic heterocycles. The van der Waals surface area contributed by atoms with E-state index in [1.54, 1.807) is 6.07 Å². The van der Waals surface area contributed by atoms with Gasteiger partial charge in [-0.25, -0.2) is 12.8 Å². The minimum Gasteiger partial charge on any atom is -0.399 e. The van der Waals surface area contributed by atoms with Gasteiger partial charge >= 0.3 is 0 Å². The number of nitrogens with two attached hydrogens (primary N) is 1. The SMILES string of the molecule is CC(C)(C)c1cc(NS(=O)(=O)c2cc(N)ccc2F)n[nH]1. The summed E-state index contributed by atoms with van der Waals surface area (Å²) in [5, 5.41) is 6.63. The van der Waals surface area contributed by atoms with Crippen molar-refractivity contribution in [2.45, 2.75) is 31.1 Å². The molecule has 0 atom stereocenters. The van der Waals surface area contributed by atoms with Crippen molar-refractivity contribution in [3.8, 4) is 0 Å². The molecule has 1 heterocycles. The number of nitrogen functional groups attached to an aromatic ring is 1. The number of hydrogen-bond acceptors (Lipinski definition) is 4. The lowest BCUT2D eigenvalue weighted by atomic mass is 9.92. The number of nitrogens with zero attached hydrogens (tertiary/aromatic N) is 1. The molecular weight excluding hydrogens is 295 g/mol. The van der Waals surface area contributed by atoms with Crippen LogP contribution in [0.2, 0.25) is 0 Å². The number of aromatic nitrogens is 2. The Morgan fingerprint density at radius 1 is 1.29 bits per heavy atom.